The van der Waals surface area contributed by atoms with E-state index in [2.05, 4.69) is 20.7 Å². The van der Waals surface area contributed by atoms with Gasteiger partial charge in [0.2, 0.25) is 0 Å². The summed E-state index contributed by atoms with van der Waals surface area (Å²) in [5.41, 5.74) is -4.32. The zero-order chi connectivity index (χ0) is 26.3. The average Bonchev–Trinajstić information content (AvgIpc) is 2.67. The number of nitrogen functional groups attached to an aromatic ring is 1. The largest absolute Gasteiger partial charge is 0.461 e. The van der Waals surface area contributed by atoms with Gasteiger partial charge in [0.15, 0.2) is 5.75 Å². The Labute approximate surface area is 191 Å². The molecule has 0 radical (unpaired) electrons. The highest BCUT2D eigenvalue weighted by atomic mass is 79.9. The molecule has 188 valence electrons. The molecule has 0 spiro atoms. The number of nitrogens with two attached hydrogens (primary N) is 1. The fraction of sp³-hybridized carbons (Fsp3) is 0.278. The van der Waals surface area contributed by atoms with Crippen molar-refractivity contribution in [3.8, 4) is 5.75 Å². The SMILES string of the molecule is Nc1cccc(C(=O)Nc2c(Br)cc(C(F)(C(F)(F)F)C(F)(F)F)cc2OC(F)(F)C(F)F)c1. The number of rotatable bonds is 6. The Kier molecular flexibility index (Phi) is 7.36. The highest BCUT2D eigenvalue weighted by Gasteiger charge is 2.73. The van der Waals surface area contributed by atoms with Crippen LogP contribution >= 0.6 is 15.9 Å². The summed E-state index contributed by atoms with van der Waals surface area (Å²) in [5, 5.41) is 1.81. The Morgan fingerprint density at radius 2 is 1.50 bits per heavy atom. The van der Waals surface area contributed by atoms with E-state index in [0.717, 1.165) is 12.1 Å². The Balaban J connectivity index is 2.72. The standard InChI is InChI=1S/C18H10BrF11N2O2/c19-10-5-8(15(22,17(25,26)27)18(28,29)30)6-11(34-16(23,24)14(20)21)12(10)32-13(33)7-2-1-3-9(31)4-7/h1-6,14H,31H2,(H,32,33). The molecule has 2 aromatic carbocycles. The lowest BCUT2D eigenvalue weighted by atomic mass is 9.93. The van der Waals surface area contributed by atoms with Gasteiger partial charge in [-0.25, -0.2) is 4.39 Å². The van der Waals surface area contributed by atoms with Gasteiger partial charge >= 0.3 is 30.6 Å². The van der Waals surface area contributed by atoms with Gasteiger partial charge in [-0.15, -0.1) is 0 Å². The number of benzene rings is 2. The Bertz CT molecular complexity index is 1060. The Morgan fingerprint density at radius 3 is 1.97 bits per heavy atom. The summed E-state index contributed by atoms with van der Waals surface area (Å²) in [6.45, 7) is 0. The van der Waals surface area contributed by atoms with E-state index in [1.165, 1.54) is 12.1 Å². The molecular weight excluding hydrogens is 565 g/mol. The molecule has 4 nitrogen and oxygen atoms in total. The zero-order valence-electron chi connectivity index (χ0n) is 16.0. The third-order valence-corrected chi connectivity index (χ3v) is 4.75. The van der Waals surface area contributed by atoms with E-state index in [9.17, 15) is 53.1 Å². The number of carbonyl (C=O) groups excluding carboxylic acids is 1. The van der Waals surface area contributed by atoms with Crippen LogP contribution in [0.15, 0.2) is 40.9 Å². The molecule has 0 aliphatic rings. The van der Waals surface area contributed by atoms with E-state index >= 15 is 0 Å². The van der Waals surface area contributed by atoms with Crippen molar-refractivity contribution in [1.29, 1.82) is 0 Å². The van der Waals surface area contributed by atoms with E-state index < -0.39 is 64.0 Å². The quantitative estimate of drug-likeness (QED) is 0.294. The molecule has 0 unspecified atom stereocenters. The molecule has 0 saturated carbocycles. The molecule has 0 atom stereocenters. The van der Waals surface area contributed by atoms with E-state index in [-0.39, 0.29) is 17.3 Å². The molecule has 0 aromatic heterocycles. The van der Waals surface area contributed by atoms with E-state index in [4.69, 9.17) is 5.73 Å². The maximum Gasteiger partial charge on any atom is 0.461 e. The van der Waals surface area contributed by atoms with Gasteiger partial charge in [0, 0.05) is 21.3 Å². The van der Waals surface area contributed by atoms with Crippen molar-refractivity contribution in [2.75, 3.05) is 11.1 Å². The molecule has 34 heavy (non-hydrogen) atoms. The number of amides is 1. The first-order chi connectivity index (χ1) is 15.3. The van der Waals surface area contributed by atoms with Gasteiger partial charge in [-0.2, -0.15) is 43.9 Å². The van der Waals surface area contributed by atoms with E-state index in [1.54, 1.807) is 0 Å². The molecule has 1 amide bonds. The number of nitrogens with one attached hydrogen (secondary N) is 1. The fourth-order valence-electron chi connectivity index (χ4n) is 2.53. The first-order valence-corrected chi connectivity index (χ1v) is 9.29. The second kappa shape index (κ2) is 9.11. The monoisotopic (exact) mass is 574 g/mol. The minimum absolute atomic E-state index is 0.0281. The third kappa shape index (κ3) is 5.31. The summed E-state index contributed by atoms with van der Waals surface area (Å²) in [7, 11) is 0. The molecule has 2 rings (SSSR count). The number of hydrogen-bond donors (Lipinski definition) is 2. The first kappa shape index (κ1) is 27.5. The van der Waals surface area contributed by atoms with Crippen LogP contribution in [0.4, 0.5) is 59.7 Å². The minimum atomic E-state index is -6.65. The Morgan fingerprint density at radius 1 is 0.941 bits per heavy atom. The van der Waals surface area contributed by atoms with Crippen LogP contribution in [-0.4, -0.2) is 30.8 Å². The summed E-state index contributed by atoms with van der Waals surface area (Å²) < 4.78 is 148. The molecule has 2 aromatic rings. The summed E-state index contributed by atoms with van der Waals surface area (Å²) in [4.78, 5) is 12.4. The smallest absolute Gasteiger partial charge is 0.426 e. The van der Waals surface area contributed by atoms with Gasteiger partial charge in [0.1, 0.15) is 0 Å². The lowest BCUT2D eigenvalue weighted by Gasteiger charge is -2.31. The fourth-order valence-corrected chi connectivity index (χ4v) is 3.07. The van der Waals surface area contributed by atoms with Crippen LogP contribution in [0, 0.1) is 0 Å². The van der Waals surface area contributed by atoms with Crippen molar-refractivity contribution in [2.45, 2.75) is 30.6 Å². The molecule has 0 bridgehead atoms. The molecule has 0 fully saturated rings. The maximum atomic E-state index is 14.4. The highest BCUT2D eigenvalue weighted by molar-refractivity contribution is 9.10. The van der Waals surface area contributed by atoms with Crippen molar-refractivity contribution in [3.05, 3.63) is 52.0 Å². The van der Waals surface area contributed by atoms with E-state index in [0.29, 0.717) is 0 Å². The second-order valence-corrected chi connectivity index (χ2v) is 7.38. The number of hydrogen-bond acceptors (Lipinski definition) is 3. The van der Waals surface area contributed by atoms with Crippen molar-refractivity contribution in [2.24, 2.45) is 0 Å². The normalized spacial score (nSPS) is 13.2. The van der Waals surface area contributed by atoms with Crippen LogP contribution in [0.25, 0.3) is 0 Å². The number of carbonyl (C=O) groups is 1. The van der Waals surface area contributed by atoms with Gasteiger partial charge in [-0.1, -0.05) is 6.07 Å². The van der Waals surface area contributed by atoms with Crippen LogP contribution < -0.4 is 15.8 Å². The summed E-state index contributed by atoms with van der Waals surface area (Å²) in [6.07, 6.45) is -23.4. The molecule has 0 aliphatic carbocycles. The second-order valence-electron chi connectivity index (χ2n) is 6.53. The Hall–Kier alpha value is -2.78. The lowest BCUT2D eigenvalue weighted by Crippen LogP contribution is -2.50. The molecule has 0 heterocycles. The van der Waals surface area contributed by atoms with Gasteiger partial charge < -0.3 is 15.8 Å². The van der Waals surface area contributed by atoms with Crippen LogP contribution in [0.1, 0.15) is 15.9 Å². The number of anilines is 2. The van der Waals surface area contributed by atoms with Crippen LogP contribution in [0.2, 0.25) is 0 Å². The van der Waals surface area contributed by atoms with Crippen molar-refractivity contribution in [1.82, 2.24) is 0 Å². The van der Waals surface area contributed by atoms with Crippen molar-refractivity contribution in [3.63, 3.8) is 0 Å². The van der Waals surface area contributed by atoms with E-state index in [1.807, 2.05) is 5.32 Å². The molecule has 3 N–H and O–H groups in total. The first-order valence-electron chi connectivity index (χ1n) is 8.49. The van der Waals surface area contributed by atoms with Crippen molar-refractivity contribution >= 4 is 33.2 Å². The minimum Gasteiger partial charge on any atom is -0.426 e. The lowest BCUT2D eigenvalue weighted by molar-refractivity contribution is -0.348. The number of ether oxygens (including phenoxy) is 1. The van der Waals surface area contributed by atoms with Gasteiger partial charge in [-0.3, -0.25) is 4.79 Å². The highest BCUT2D eigenvalue weighted by Crippen LogP contribution is 2.55. The zero-order valence-corrected chi connectivity index (χ0v) is 17.6. The summed E-state index contributed by atoms with van der Waals surface area (Å²) >= 11 is 2.43. The summed E-state index contributed by atoms with van der Waals surface area (Å²) in [6, 6.07) is 4.12. The molecular formula is C18H10BrF11N2O2. The van der Waals surface area contributed by atoms with Gasteiger partial charge in [0.25, 0.3) is 5.91 Å². The van der Waals surface area contributed by atoms with Gasteiger partial charge in [-0.05, 0) is 46.3 Å². The molecule has 16 heteroatoms. The number of alkyl halides is 11. The molecule has 0 aliphatic heterocycles. The van der Waals surface area contributed by atoms with Crippen LogP contribution in [-0.2, 0) is 5.67 Å². The van der Waals surface area contributed by atoms with Crippen LogP contribution in [0.3, 0.4) is 0 Å². The molecule has 0 saturated heterocycles. The number of halogens is 12. The predicted molar refractivity (Wildman–Crippen MR) is 99.4 cm³/mol. The summed E-state index contributed by atoms with van der Waals surface area (Å²) in [5.74, 6) is -3.02. The maximum absolute atomic E-state index is 14.4. The third-order valence-electron chi connectivity index (χ3n) is 4.12. The van der Waals surface area contributed by atoms with Crippen molar-refractivity contribution < 1.29 is 57.8 Å². The average molecular weight is 575 g/mol. The predicted octanol–water partition coefficient (Wildman–Crippen LogP) is 6.81. The topological polar surface area (TPSA) is 64.4 Å². The van der Waals surface area contributed by atoms with Gasteiger partial charge in [0.05, 0.1) is 5.69 Å². The van der Waals surface area contributed by atoms with Crippen LogP contribution in [0.5, 0.6) is 5.75 Å².